The van der Waals surface area contributed by atoms with E-state index in [4.69, 9.17) is 0 Å². The maximum atomic E-state index is 12.5. The molecule has 3 N–H and O–H groups in total. The van der Waals surface area contributed by atoms with Gasteiger partial charge in [-0.15, -0.1) is 0 Å². The molecule has 2 aliphatic rings. The zero-order valence-corrected chi connectivity index (χ0v) is 15.0. The summed E-state index contributed by atoms with van der Waals surface area (Å²) in [4.78, 5) is 53.2. The summed E-state index contributed by atoms with van der Waals surface area (Å²) in [7, 11) is 0. The fourth-order valence-corrected chi connectivity index (χ4v) is 3.48. The quantitative estimate of drug-likeness (QED) is 0.370. The van der Waals surface area contributed by atoms with Crippen LogP contribution in [0.1, 0.15) is 37.7 Å². The summed E-state index contributed by atoms with van der Waals surface area (Å²) in [5.74, 6) is -1.66. The predicted octanol–water partition coefficient (Wildman–Crippen LogP) is 0.0687. The molecule has 2 fully saturated rings. The molecule has 144 valence electrons. The van der Waals surface area contributed by atoms with E-state index in [1.54, 1.807) is 24.5 Å². The van der Waals surface area contributed by atoms with Crippen molar-refractivity contribution >= 4 is 23.8 Å². The fraction of sp³-hybridized carbons (Fsp3) is 0.500. The van der Waals surface area contributed by atoms with Gasteiger partial charge in [0.05, 0.1) is 0 Å². The Balaban J connectivity index is 1.37. The van der Waals surface area contributed by atoms with E-state index in [1.165, 1.54) is 4.90 Å². The molecule has 0 radical (unpaired) electrons. The normalized spacial score (nSPS) is 17.9. The smallest absolute Gasteiger partial charge is 0.325 e. The van der Waals surface area contributed by atoms with Crippen LogP contribution in [0.3, 0.4) is 0 Å². The highest BCUT2D eigenvalue weighted by atomic mass is 16.2. The highest BCUT2D eigenvalue weighted by molar-refractivity contribution is 6.35. The zero-order chi connectivity index (χ0) is 19.3. The van der Waals surface area contributed by atoms with E-state index in [0.29, 0.717) is 19.3 Å². The lowest BCUT2D eigenvalue weighted by Crippen LogP contribution is -2.44. The summed E-state index contributed by atoms with van der Waals surface area (Å²) in [5, 5.41) is 7.82. The number of hydrogen-bond acceptors (Lipinski definition) is 5. The molecule has 1 saturated carbocycles. The lowest BCUT2D eigenvalue weighted by Gasteiger charge is -2.20. The van der Waals surface area contributed by atoms with Crippen molar-refractivity contribution in [3.8, 4) is 0 Å². The second kappa shape index (κ2) is 8.15. The molecular formula is C18H23N5O4. The third kappa shape index (κ3) is 4.24. The lowest BCUT2D eigenvalue weighted by molar-refractivity contribution is -0.139. The van der Waals surface area contributed by atoms with Gasteiger partial charge >= 0.3 is 17.8 Å². The number of hydrogen-bond donors (Lipinski definition) is 3. The van der Waals surface area contributed by atoms with Gasteiger partial charge in [0.1, 0.15) is 5.54 Å². The second-order valence-electron chi connectivity index (χ2n) is 6.83. The van der Waals surface area contributed by atoms with Gasteiger partial charge in [-0.25, -0.2) is 4.79 Å². The van der Waals surface area contributed by atoms with Gasteiger partial charge in [0.25, 0.3) is 5.91 Å². The standard InChI is InChI=1S/C18H23N5O4/c24-14(15(25)21-12-13-5-3-8-19-11-13)20-9-4-10-23-16(26)18(22-17(23)27)6-1-2-7-18/h3,5,8,11H,1-2,4,6-7,9-10,12H2,(H,20,24)(H,21,25)(H,22,27). The van der Waals surface area contributed by atoms with Gasteiger partial charge in [-0.1, -0.05) is 18.9 Å². The van der Waals surface area contributed by atoms with E-state index in [0.717, 1.165) is 18.4 Å². The Morgan fingerprint density at radius 3 is 2.63 bits per heavy atom. The largest absolute Gasteiger partial charge is 0.348 e. The van der Waals surface area contributed by atoms with Crippen LogP contribution in [0.5, 0.6) is 0 Å². The van der Waals surface area contributed by atoms with Crippen LogP contribution in [-0.2, 0) is 20.9 Å². The number of urea groups is 1. The zero-order valence-electron chi connectivity index (χ0n) is 15.0. The molecule has 0 atom stereocenters. The third-order valence-electron chi connectivity index (χ3n) is 4.93. The number of amides is 5. The van der Waals surface area contributed by atoms with Gasteiger partial charge in [0.2, 0.25) is 0 Å². The van der Waals surface area contributed by atoms with E-state index in [-0.39, 0.29) is 31.6 Å². The van der Waals surface area contributed by atoms with Gasteiger partial charge in [-0.2, -0.15) is 0 Å². The molecule has 9 heteroatoms. The van der Waals surface area contributed by atoms with Crippen molar-refractivity contribution in [2.75, 3.05) is 13.1 Å². The number of rotatable bonds is 6. The molecule has 0 unspecified atom stereocenters. The molecule has 9 nitrogen and oxygen atoms in total. The number of carbonyl (C=O) groups excluding carboxylic acids is 4. The Morgan fingerprint density at radius 1 is 1.19 bits per heavy atom. The van der Waals surface area contributed by atoms with Crippen molar-refractivity contribution in [3.63, 3.8) is 0 Å². The van der Waals surface area contributed by atoms with Crippen LogP contribution in [0.2, 0.25) is 0 Å². The molecule has 1 aromatic rings. The van der Waals surface area contributed by atoms with Crippen LogP contribution < -0.4 is 16.0 Å². The van der Waals surface area contributed by atoms with Crippen molar-refractivity contribution in [2.45, 2.75) is 44.2 Å². The van der Waals surface area contributed by atoms with Crippen LogP contribution in [-0.4, -0.2) is 52.3 Å². The van der Waals surface area contributed by atoms with E-state index < -0.39 is 17.4 Å². The van der Waals surface area contributed by atoms with Crippen LogP contribution >= 0.6 is 0 Å². The van der Waals surface area contributed by atoms with Gasteiger partial charge in [-0.05, 0) is 30.9 Å². The lowest BCUT2D eigenvalue weighted by atomic mass is 9.98. The average molecular weight is 373 g/mol. The highest BCUT2D eigenvalue weighted by Crippen LogP contribution is 2.34. The molecule has 1 spiro atoms. The Bertz CT molecular complexity index is 731. The molecule has 1 aliphatic heterocycles. The van der Waals surface area contributed by atoms with Crippen molar-refractivity contribution in [1.82, 2.24) is 25.8 Å². The van der Waals surface area contributed by atoms with E-state index in [1.807, 2.05) is 0 Å². The molecule has 27 heavy (non-hydrogen) atoms. The first-order valence-corrected chi connectivity index (χ1v) is 9.11. The Kier molecular flexibility index (Phi) is 5.68. The number of pyridine rings is 1. The molecule has 1 aromatic heterocycles. The molecule has 0 aromatic carbocycles. The first-order chi connectivity index (χ1) is 13.0. The Hall–Kier alpha value is -2.97. The maximum absolute atomic E-state index is 12.5. The summed E-state index contributed by atoms with van der Waals surface area (Å²) < 4.78 is 0. The monoisotopic (exact) mass is 373 g/mol. The molecule has 1 saturated heterocycles. The topological polar surface area (TPSA) is 121 Å². The minimum Gasteiger partial charge on any atom is -0.348 e. The van der Waals surface area contributed by atoms with Crippen molar-refractivity contribution in [3.05, 3.63) is 30.1 Å². The van der Waals surface area contributed by atoms with Gasteiger partial charge in [-0.3, -0.25) is 24.3 Å². The summed E-state index contributed by atoms with van der Waals surface area (Å²) in [6.07, 6.45) is 6.85. The molecule has 5 amide bonds. The fourth-order valence-electron chi connectivity index (χ4n) is 3.48. The van der Waals surface area contributed by atoms with Crippen LogP contribution in [0, 0.1) is 0 Å². The van der Waals surface area contributed by atoms with Gasteiger partial charge in [0, 0.05) is 32.0 Å². The number of nitrogens with one attached hydrogen (secondary N) is 3. The van der Waals surface area contributed by atoms with Crippen LogP contribution in [0.15, 0.2) is 24.5 Å². The molecule has 2 heterocycles. The predicted molar refractivity (Wildman–Crippen MR) is 95.2 cm³/mol. The molecular weight excluding hydrogens is 350 g/mol. The number of nitrogens with zero attached hydrogens (tertiary/aromatic N) is 2. The first kappa shape index (κ1) is 18.8. The van der Waals surface area contributed by atoms with Crippen molar-refractivity contribution in [1.29, 1.82) is 0 Å². The Labute approximate surface area is 156 Å². The third-order valence-corrected chi connectivity index (χ3v) is 4.93. The number of aromatic nitrogens is 1. The van der Waals surface area contributed by atoms with E-state index in [9.17, 15) is 19.2 Å². The number of carbonyl (C=O) groups is 4. The summed E-state index contributed by atoms with van der Waals surface area (Å²) >= 11 is 0. The van der Waals surface area contributed by atoms with Gasteiger partial charge in [0.15, 0.2) is 0 Å². The minimum atomic E-state index is -0.747. The minimum absolute atomic E-state index is 0.175. The van der Waals surface area contributed by atoms with Crippen LogP contribution in [0.25, 0.3) is 0 Å². The van der Waals surface area contributed by atoms with E-state index >= 15 is 0 Å². The van der Waals surface area contributed by atoms with Crippen molar-refractivity contribution in [2.24, 2.45) is 0 Å². The van der Waals surface area contributed by atoms with Crippen LogP contribution in [0.4, 0.5) is 4.79 Å². The second-order valence-corrected chi connectivity index (χ2v) is 6.83. The summed E-state index contributed by atoms with van der Waals surface area (Å²) in [6.45, 7) is 0.623. The van der Waals surface area contributed by atoms with Gasteiger partial charge < -0.3 is 16.0 Å². The van der Waals surface area contributed by atoms with E-state index in [2.05, 4.69) is 20.9 Å². The summed E-state index contributed by atoms with van der Waals surface area (Å²) in [5.41, 5.74) is 0.0741. The number of imide groups is 1. The Morgan fingerprint density at radius 2 is 1.93 bits per heavy atom. The highest BCUT2D eigenvalue weighted by Gasteiger charge is 2.51. The average Bonchev–Trinajstić information content (AvgIpc) is 3.23. The molecule has 1 aliphatic carbocycles. The summed E-state index contributed by atoms with van der Waals surface area (Å²) in [6, 6.07) is 3.16. The van der Waals surface area contributed by atoms with Crippen molar-refractivity contribution < 1.29 is 19.2 Å². The first-order valence-electron chi connectivity index (χ1n) is 9.11. The molecule has 3 rings (SSSR count). The molecule has 0 bridgehead atoms. The SMILES string of the molecule is O=C(NCCCN1C(=O)NC2(CCCC2)C1=O)C(=O)NCc1cccnc1. The maximum Gasteiger partial charge on any atom is 0.325 e.